The van der Waals surface area contributed by atoms with Crippen molar-refractivity contribution in [2.24, 2.45) is 0 Å². The Labute approximate surface area is 161 Å². The van der Waals surface area contributed by atoms with Crippen LogP contribution in [0.1, 0.15) is 10.5 Å². The number of benzene rings is 1. The van der Waals surface area contributed by atoms with E-state index in [0.29, 0.717) is 5.82 Å². The molecule has 0 fully saturated rings. The molecule has 0 radical (unpaired) electrons. The molecule has 7 nitrogen and oxygen atoms in total. The van der Waals surface area contributed by atoms with E-state index in [2.05, 4.69) is 30.6 Å². The molecule has 0 aliphatic rings. The van der Waals surface area contributed by atoms with Gasteiger partial charge >= 0.3 is 0 Å². The highest BCUT2D eigenvalue weighted by Gasteiger charge is 2.09. The summed E-state index contributed by atoms with van der Waals surface area (Å²) in [6, 6.07) is 17.3. The molecule has 0 aliphatic heterocycles. The predicted molar refractivity (Wildman–Crippen MR) is 107 cm³/mol. The second-order valence-electron chi connectivity index (χ2n) is 5.90. The second kappa shape index (κ2) is 8.05. The van der Waals surface area contributed by atoms with Crippen molar-refractivity contribution >= 4 is 23.2 Å². The molecule has 2 N–H and O–H groups in total. The molecule has 3 aromatic heterocycles. The standard InChI is InChI=1S/C21H16N6O/c28-21(18-14-22-10-11-23-18)27-20-13-16(7-9-25-20)15-6-8-24-19(12-15)26-17-4-2-1-3-5-17/h1-14H,(H,24,26)(H,25,27,28). The Morgan fingerprint density at radius 3 is 2.18 bits per heavy atom. The van der Waals surface area contributed by atoms with Gasteiger partial charge in [-0.05, 0) is 47.5 Å². The first-order chi connectivity index (χ1) is 13.8. The zero-order chi connectivity index (χ0) is 19.2. The number of nitrogens with zero attached hydrogens (tertiary/aromatic N) is 4. The molecule has 0 aliphatic carbocycles. The van der Waals surface area contributed by atoms with Crippen LogP contribution < -0.4 is 10.6 Å². The maximum atomic E-state index is 12.2. The van der Waals surface area contributed by atoms with E-state index >= 15 is 0 Å². The fourth-order valence-electron chi connectivity index (χ4n) is 2.62. The van der Waals surface area contributed by atoms with E-state index in [1.165, 1.54) is 18.6 Å². The van der Waals surface area contributed by atoms with Crippen molar-refractivity contribution in [3.05, 3.63) is 91.3 Å². The summed E-state index contributed by atoms with van der Waals surface area (Å²) in [5, 5.41) is 6.01. The Bertz CT molecular complexity index is 1090. The van der Waals surface area contributed by atoms with Crippen molar-refractivity contribution < 1.29 is 4.79 Å². The van der Waals surface area contributed by atoms with Crippen LogP contribution in [0.5, 0.6) is 0 Å². The minimum Gasteiger partial charge on any atom is -0.340 e. The number of rotatable bonds is 5. The van der Waals surface area contributed by atoms with Crippen LogP contribution >= 0.6 is 0 Å². The largest absolute Gasteiger partial charge is 0.340 e. The van der Waals surface area contributed by atoms with E-state index in [-0.39, 0.29) is 11.6 Å². The summed E-state index contributed by atoms with van der Waals surface area (Å²) in [5.41, 5.74) is 3.04. The van der Waals surface area contributed by atoms with E-state index < -0.39 is 0 Å². The van der Waals surface area contributed by atoms with Gasteiger partial charge in [-0.1, -0.05) is 18.2 Å². The third kappa shape index (κ3) is 4.16. The molecule has 0 saturated carbocycles. The third-order valence-corrected chi connectivity index (χ3v) is 3.94. The monoisotopic (exact) mass is 368 g/mol. The third-order valence-electron chi connectivity index (χ3n) is 3.94. The highest BCUT2D eigenvalue weighted by atomic mass is 16.1. The highest BCUT2D eigenvalue weighted by molar-refractivity contribution is 6.02. The number of para-hydroxylation sites is 1. The molecule has 0 atom stereocenters. The minimum absolute atomic E-state index is 0.230. The Morgan fingerprint density at radius 1 is 0.750 bits per heavy atom. The summed E-state index contributed by atoms with van der Waals surface area (Å²) < 4.78 is 0. The lowest BCUT2D eigenvalue weighted by Gasteiger charge is -2.09. The van der Waals surface area contributed by atoms with Gasteiger partial charge in [0.15, 0.2) is 0 Å². The van der Waals surface area contributed by atoms with Crippen LogP contribution in [0.25, 0.3) is 11.1 Å². The number of nitrogens with one attached hydrogen (secondary N) is 2. The number of carbonyl (C=O) groups is 1. The van der Waals surface area contributed by atoms with Gasteiger partial charge in [-0.3, -0.25) is 9.78 Å². The summed E-state index contributed by atoms with van der Waals surface area (Å²) in [7, 11) is 0. The highest BCUT2D eigenvalue weighted by Crippen LogP contribution is 2.24. The second-order valence-corrected chi connectivity index (χ2v) is 5.90. The molecule has 28 heavy (non-hydrogen) atoms. The lowest BCUT2D eigenvalue weighted by Crippen LogP contribution is -2.14. The average Bonchev–Trinajstić information content (AvgIpc) is 2.75. The molecule has 0 spiro atoms. The molecule has 1 aromatic carbocycles. The Kier molecular flexibility index (Phi) is 4.97. The first-order valence-corrected chi connectivity index (χ1v) is 8.60. The number of aromatic nitrogens is 4. The molecular weight excluding hydrogens is 352 g/mol. The Morgan fingerprint density at radius 2 is 1.46 bits per heavy atom. The molecule has 3 heterocycles. The SMILES string of the molecule is O=C(Nc1cc(-c2ccnc(Nc3ccccc3)c2)ccn1)c1cnccn1. The minimum atomic E-state index is -0.362. The fraction of sp³-hybridized carbons (Fsp3) is 0. The van der Waals surface area contributed by atoms with Gasteiger partial charge in [0.25, 0.3) is 5.91 Å². The van der Waals surface area contributed by atoms with Crippen LogP contribution in [0.3, 0.4) is 0 Å². The van der Waals surface area contributed by atoms with E-state index in [0.717, 1.165) is 22.6 Å². The van der Waals surface area contributed by atoms with E-state index in [1.54, 1.807) is 18.5 Å². The first kappa shape index (κ1) is 17.3. The van der Waals surface area contributed by atoms with Crippen molar-refractivity contribution in [2.45, 2.75) is 0 Å². The number of amides is 1. The molecule has 136 valence electrons. The number of pyridine rings is 2. The van der Waals surface area contributed by atoms with Crippen molar-refractivity contribution in [2.75, 3.05) is 10.6 Å². The van der Waals surface area contributed by atoms with Gasteiger partial charge in [0.05, 0.1) is 6.20 Å². The zero-order valence-corrected chi connectivity index (χ0v) is 14.8. The van der Waals surface area contributed by atoms with Gasteiger partial charge in [-0.15, -0.1) is 0 Å². The van der Waals surface area contributed by atoms with Crippen LogP contribution in [0.4, 0.5) is 17.3 Å². The van der Waals surface area contributed by atoms with E-state index in [1.807, 2.05) is 48.5 Å². The van der Waals surface area contributed by atoms with Gasteiger partial charge in [0.1, 0.15) is 17.3 Å². The van der Waals surface area contributed by atoms with Crippen LogP contribution in [0, 0.1) is 0 Å². The van der Waals surface area contributed by atoms with Crippen molar-refractivity contribution in [3.63, 3.8) is 0 Å². The smallest absolute Gasteiger partial charge is 0.277 e. The van der Waals surface area contributed by atoms with Crippen LogP contribution in [-0.4, -0.2) is 25.8 Å². The van der Waals surface area contributed by atoms with Crippen LogP contribution in [0.15, 0.2) is 85.6 Å². The Balaban J connectivity index is 1.54. The van der Waals surface area contributed by atoms with Crippen LogP contribution in [0.2, 0.25) is 0 Å². The van der Waals surface area contributed by atoms with Gasteiger partial charge in [0, 0.05) is 30.5 Å². The molecule has 4 aromatic rings. The fourth-order valence-corrected chi connectivity index (χ4v) is 2.62. The van der Waals surface area contributed by atoms with Gasteiger partial charge in [0.2, 0.25) is 0 Å². The average molecular weight is 368 g/mol. The molecule has 1 amide bonds. The summed E-state index contributed by atoms with van der Waals surface area (Å²) in [6.45, 7) is 0. The van der Waals surface area contributed by atoms with Crippen molar-refractivity contribution in [3.8, 4) is 11.1 Å². The summed E-state index contributed by atoms with van der Waals surface area (Å²) in [5.74, 6) is 0.798. The number of hydrogen-bond acceptors (Lipinski definition) is 6. The number of hydrogen-bond donors (Lipinski definition) is 2. The number of anilines is 3. The van der Waals surface area contributed by atoms with Crippen LogP contribution in [-0.2, 0) is 0 Å². The summed E-state index contributed by atoms with van der Waals surface area (Å²) >= 11 is 0. The van der Waals surface area contributed by atoms with Gasteiger partial charge < -0.3 is 10.6 Å². The predicted octanol–water partition coefficient (Wildman–Crippen LogP) is 3.93. The molecule has 0 unspecified atom stereocenters. The van der Waals surface area contributed by atoms with Gasteiger partial charge in [-0.25, -0.2) is 15.0 Å². The zero-order valence-electron chi connectivity index (χ0n) is 14.8. The van der Waals surface area contributed by atoms with Crippen molar-refractivity contribution in [1.29, 1.82) is 0 Å². The lowest BCUT2D eigenvalue weighted by molar-refractivity contribution is 0.102. The molecule has 4 rings (SSSR count). The normalized spacial score (nSPS) is 10.3. The molecule has 0 bridgehead atoms. The van der Waals surface area contributed by atoms with Crippen molar-refractivity contribution in [1.82, 2.24) is 19.9 Å². The molecule has 7 heteroatoms. The molecule has 0 saturated heterocycles. The Hall–Kier alpha value is -4.13. The number of carbonyl (C=O) groups excluding carboxylic acids is 1. The maximum absolute atomic E-state index is 12.2. The van der Waals surface area contributed by atoms with Gasteiger partial charge in [-0.2, -0.15) is 0 Å². The summed E-state index contributed by atoms with van der Waals surface area (Å²) in [6.07, 6.45) is 7.77. The summed E-state index contributed by atoms with van der Waals surface area (Å²) in [4.78, 5) is 28.7. The molecular formula is C21H16N6O. The quantitative estimate of drug-likeness (QED) is 0.554. The van der Waals surface area contributed by atoms with E-state index in [4.69, 9.17) is 0 Å². The lowest BCUT2D eigenvalue weighted by atomic mass is 10.1. The maximum Gasteiger partial charge on any atom is 0.277 e. The topological polar surface area (TPSA) is 92.7 Å². The van der Waals surface area contributed by atoms with E-state index in [9.17, 15) is 4.79 Å². The first-order valence-electron chi connectivity index (χ1n) is 8.60.